The largest absolute Gasteiger partial charge is 0.466 e. The smallest absolute Gasteiger partial charge is 0.333 e. The molecule has 1 aliphatic carbocycles. The maximum atomic E-state index is 12.6. The molecule has 1 saturated carbocycles. The van der Waals surface area contributed by atoms with Crippen LogP contribution in [0.15, 0.2) is 48.6 Å². The predicted octanol–water partition coefficient (Wildman–Crippen LogP) is 1.87. The third kappa shape index (κ3) is 6.15. The number of ether oxygens (including phenoxy) is 3. The Labute approximate surface area is 182 Å². The van der Waals surface area contributed by atoms with E-state index >= 15 is 0 Å². The van der Waals surface area contributed by atoms with E-state index in [0.717, 1.165) is 0 Å². The maximum Gasteiger partial charge on any atom is 0.333 e. The van der Waals surface area contributed by atoms with Gasteiger partial charge in [-0.2, -0.15) is 0 Å². The van der Waals surface area contributed by atoms with Crippen LogP contribution < -0.4 is 0 Å². The van der Waals surface area contributed by atoms with Crippen LogP contribution in [0.2, 0.25) is 0 Å². The van der Waals surface area contributed by atoms with Crippen molar-refractivity contribution in [3.05, 3.63) is 48.6 Å². The number of methoxy groups -OCH3 is 1. The van der Waals surface area contributed by atoms with Gasteiger partial charge in [0.15, 0.2) is 0 Å². The van der Waals surface area contributed by atoms with E-state index in [1.54, 1.807) is 13.0 Å². The fourth-order valence-electron chi connectivity index (χ4n) is 3.93. The van der Waals surface area contributed by atoms with Crippen molar-refractivity contribution >= 4 is 17.9 Å². The Bertz CT molecular complexity index is 780. The molecule has 5 atom stereocenters. The quantitative estimate of drug-likeness (QED) is 0.243. The van der Waals surface area contributed by atoms with Gasteiger partial charge < -0.3 is 24.4 Å². The molecule has 0 radical (unpaired) electrons. The number of carbonyl (C=O) groups excluding carboxylic acids is 3. The normalized spacial score (nSPS) is 28.3. The number of aliphatic hydroxyl groups is 2. The van der Waals surface area contributed by atoms with E-state index in [2.05, 4.69) is 19.7 Å². The molecule has 1 fully saturated rings. The maximum absolute atomic E-state index is 12.6. The van der Waals surface area contributed by atoms with Crippen molar-refractivity contribution in [2.75, 3.05) is 20.3 Å². The average molecular weight is 437 g/mol. The zero-order valence-electron chi connectivity index (χ0n) is 18.6. The van der Waals surface area contributed by atoms with Crippen LogP contribution >= 0.6 is 0 Å². The highest BCUT2D eigenvalue weighted by Gasteiger charge is 2.53. The molecule has 0 aromatic rings. The summed E-state index contributed by atoms with van der Waals surface area (Å²) < 4.78 is 15.2. The van der Waals surface area contributed by atoms with E-state index in [0.29, 0.717) is 5.57 Å². The summed E-state index contributed by atoms with van der Waals surface area (Å²) in [5, 5.41) is 20.8. The summed E-state index contributed by atoms with van der Waals surface area (Å²) in [5.41, 5.74) is -0.289. The molecule has 0 spiro atoms. The van der Waals surface area contributed by atoms with Crippen LogP contribution in [0.1, 0.15) is 27.2 Å². The fraction of sp³-hybridized carbons (Fsp3) is 0.522. The molecule has 0 unspecified atom stereocenters. The van der Waals surface area contributed by atoms with Crippen LogP contribution in [0, 0.1) is 17.3 Å². The minimum absolute atomic E-state index is 0.0591. The molecule has 0 aliphatic heterocycles. The lowest BCUT2D eigenvalue weighted by Crippen LogP contribution is -2.54. The Hall–Kier alpha value is -2.71. The van der Waals surface area contributed by atoms with Gasteiger partial charge in [-0.05, 0) is 30.4 Å². The van der Waals surface area contributed by atoms with Crippen molar-refractivity contribution < 1.29 is 38.8 Å². The van der Waals surface area contributed by atoms with Gasteiger partial charge in [-0.25, -0.2) is 9.59 Å². The first-order chi connectivity index (χ1) is 14.4. The van der Waals surface area contributed by atoms with Gasteiger partial charge in [-0.3, -0.25) is 4.79 Å². The van der Waals surface area contributed by atoms with Gasteiger partial charge in [0.1, 0.15) is 12.7 Å². The topological polar surface area (TPSA) is 119 Å². The molecule has 0 amide bonds. The van der Waals surface area contributed by atoms with Crippen molar-refractivity contribution in [3.8, 4) is 0 Å². The van der Waals surface area contributed by atoms with Gasteiger partial charge in [0.05, 0.1) is 25.7 Å². The first kappa shape index (κ1) is 26.3. The number of aliphatic hydroxyl groups excluding tert-OH is 2. The second-order valence-corrected chi connectivity index (χ2v) is 7.87. The monoisotopic (exact) mass is 436 g/mol. The standard InChI is InChI=1S/C23H32O8/c1-8-23(6)11-17(31-21(27)13(2)9-10-30-16(5)25)18(15(4)22(28)29-7)20(26)19(23)14(3)12-24/h8-9,17-20,24,26H,1,3-4,10-12H2,2,5-7H3/b13-9-/t17-,18-,19-,20-,23+/m1/s1. The molecule has 172 valence electrons. The molecule has 8 nitrogen and oxygen atoms in total. The van der Waals surface area contributed by atoms with Crippen molar-refractivity contribution in [1.82, 2.24) is 0 Å². The lowest BCUT2D eigenvalue weighted by molar-refractivity contribution is -0.161. The second-order valence-electron chi connectivity index (χ2n) is 7.87. The SMILES string of the molecule is C=C[C@@]1(C)C[C@@H](OC(=O)/C(C)=C\COC(C)=O)[C@@H](C(=C)C(=O)OC)[C@@H](O)[C@H]1C(=C)CO. The lowest BCUT2D eigenvalue weighted by Gasteiger charge is -2.50. The van der Waals surface area contributed by atoms with E-state index in [1.165, 1.54) is 27.0 Å². The van der Waals surface area contributed by atoms with Crippen LogP contribution in [-0.2, 0) is 28.6 Å². The second kappa shape index (κ2) is 11.1. The van der Waals surface area contributed by atoms with E-state index in [1.807, 2.05) is 0 Å². The van der Waals surface area contributed by atoms with Crippen molar-refractivity contribution in [3.63, 3.8) is 0 Å². The van der Waals surface area contributed by atoms with Gasteiger partial charge >= 0.3 is 17.9 Å². The predicted molar refractivity (Wildman–Crippen MR) is 114 cm³/mol. The zero-order chi connectivity index (χ0) is 23.9. The minimum atomic E-state index is -1.24. The molecular formula is C23H32O8. The third-order valence-corrected chi connectivity index (χ3v) is 5.68. The highest BCUT2D eigenvalue weighted by Crippen LogP contribution is 2.50. The molecule has 8 heteroatoms. The lowest BCUT2D eigenvalue weighted by atomic mass is 9.58. The number of hydrogen-bond donors (Lipinski definition) is 2. The molecule has 2 N–H and O–H groups in total. The molecular weight excluding hydrogens is 404 g/mol. The summed E-state index contributed by atoms with van der Waals surface area (Å²) in [6.07, 6.45) is 1.03. The van der Waals surface area contributed by atoms with Crippen molar-refractivity contribution in [2.45, 2.75) is 39.4 Å². The molecule has 0 aromatic heterocycles. The van der Waals surface area contributed by atoms with Crippen LogP contribution in [0.5, 0.6) is 0 Å². The molecule has 1 aliphatic rings. The highest BCUT2D eigenvalue weighted by atomic mass is 16.5. The first-order valence-electron chi connectivity index (χ1n) is 9.81. The van der Waals surface area contributed by atoms with Crippen LogP contribution in [-0.4, -0.2) is 60.7 Å². The number of esters is 3. The summed E-state index contributed by atoms with van der Waals surface area (Å²) in [5.74, 6) is -3.57. The Morgan fingerprint density at radius 1 is 1.19 bits per heavy atom. The molecule has 0 bridgehead atoms. The van der Waals surface area contributed by atoms with E-state index in [9.17, 15) is 24.6 Å². The zero-order valence-corrected chi connectivity index (χ0v) is 18.6. The Morgan fingerprint density at radius 2 is 1.81 bits per heavy atom. The van der Waals surface area contributed by atoms with E-state index in [4.69, 9.17) is 14.2 Å². The summed E-state index contributed by atoms with van der Waals surface area (Å²) >= 11 is 0. The fourth-order valence-corrected chi connectivity index (χ4v) is 3.93. The number of hydrogen-bond acceptors (Lipinski definition) is 8. The van der Waals surface area contributed by atoms with Crippen molar-refractivity contribution in [1.29, 1.82) is 0 Å². The number of rotatable bonds is 9. The Balaban J connectivity index is 3.30. The molecule has 0 heterocycles. The first-order valence-corrected chi connectivity index (χ1v) is 9.81. The average Bonchev–Trinajstić information content (AvgIpc) is 2.71. The summed E-state index contributed by atoms with van der Waals surface area (Å²) in [7, 11) is 1.18. The van der Waals surface area contributed by atoms with Gasteiger partial charge in [-0.15, -0.1) is 6.58 Å². The molecule has 0 saturated heterocycles. The third-order valence-electron chi connectivity index (χ3n) is 5.68. The highest BCUT2D eigenvalue weighted by molar-refractivity contribution is 5.89. The van der Waals surface area contributed by atoms with Gasteiger partial charge in [-0.1, -0.05) is 26.2 Å². The number of carbonyl (C=O) groups is 3. The molecule has 31 heavy (non-hydrogen) atoms. The van der Waals surface area contributed by atoms with Crippen LogP contribution in [0.3, 0.4) is 0 Å². The summed E-state index contributed by atoms with van der Waals surface area (Å²) in [4.78, 5) is 35.7. The number of allylic oxidation sites excluding steroid dienone is 1. The minimum Gasteiger partial charge on any atom is -0.466 e. The van der Waals surface area contributed by atoms with Gasteiger partial charge in [0.25, 0.3) is 0 Å². The molecule has 0 aromatic carbocycles. The summed E-state index contributed by atoms with van der Waals surface area (Å²) in [6.45, 7) is 15.5. The van der Waals surface area contributed by atoms with Crippen LogP contribution in [0.25, 0.3) is 0 Å². The van der Waals surface area contributed by atoms with Gasteiger partial charge in [0.2, 0.25) is 0 Å². The van der Waals surface area contributed by atoms with E-state index in [-0.39, 0.29) is 30.8 Å². The van der Waals surface area contributed by atoms with Crippen molar-refractivity contribution in [2.24, 2.45) is 17.3 Å². The Morgan fingerprint density at radius 3 is 2.29 bits per heavy atom. The Kier molecular flexibility index (Phi) is 9.40. The summed E-state index contributed by atoms with van der Waals surface area (Å²) in [6, 6.07) is 0. The van der Waals surface area contributed by atoms with E-state index < -0.39 is 47.4 Å². The molecule has 1 rings (SSSR count). The van der Waals surface area contributed by atoms with Gasteiger partial charge in [0, 0.05) is 24.0 Å². The van der Waals surface area contributed by atoms with Crippen LogP contribution in [0.4, 0.5) is 0 Å².